The van der Waals surface area contributed by atoms with Crippen molar-refractivity contribution in [2.24, 2.45) is 0 Å². The number of hydrogen-bond acceptors (Lipinski definition) is 1. The maximum absolute atomic E-state index is 5.70. The lowest BCUT2D eigenvalue weighted by atomic mass is 10.2. The van der Waals surface area contributed by atoms with Crippen LogP contribution in [0.4, 0.5) is 0 Å². The Bertz CT molecular complexity index is 318. The van der Waals surface area contributed by atoms with Gasteiger partial charge in [-0.15, -0.1) is 0 Å². The summed E-state index contributed by atoms with van der Waals surface area (Å²) in [5.41, 5.74) is 3.82. The molecule has 0 amide bonds. The first kappa shape index (κ1) is 12.0. The van der Waals surface area contributed by atoms with Crippen LogP contribution >= 0.6 is 0 Å². The molecule has 1 heteroatoms. The predicted molar refractivity (Wildman–Crippen MR) is 64.9 cm³/mol. The van der Waals surface area contributed by atoms with Gasteiger partial charge in [-0.3, -0.25) is 0 Å². The lowest BCUT2D eigenvalue weighted by molar-refractivity contribution is 0.0836. The summed E-state index contributed by atoms with van der Waals surface area (Å²) < 4.78 is 5.70. The Morgan fingerprint density at radius 1 is 1.27 bits per heavy atom. The van der Waals surface area contributed by atoms with Crippen molar-refractivity contribution in [1.82, 2.24) is 0 Å². The minimum absolute atomic E-state index is 0.191. The van der Waals surface area contributed by atoms with E-state index in [9.17, 15) is 0 Å². The average Bonchev–Trinajstić information content (AvgIpc) is 2.16. The molecule has 15 heavy (non-hydrogen) atoms. The topological polar surface area (TPSA) is 9.23 Å². The van der Waals surface area contributed by atoms with Crippen molar-refractivity contribution in [3.8, 4) is 0 Å². The molecule has 82 valence electrons. The van der Waals surface area contributed by atoms with Gasteiger partial charge in [0.05, 0.1) is 12.7 Å². The van der Waals surface area contributed by atoms with E-state index in [4.69, 9.17) is 4.74 Å². The molecule has 0 fully saturated rings. The van der Waals surface area contributed by atoms with Gasteiger partial charge in [0.1, 0.15) is 0 Å². The normalized spacial score (nSPS) is 12.3. The molecule has 1 nitrogen and oxygen atoms in total. The molecule has 1 rings (SSSR count). The van der Waals surface area contributed by atoms with Gasteiger partial charge in [0, 0.05) is 0 Å². The second-order valence-corrected chi connectivity index (χ2v) is 4.25. The summed E-state index contributed by atoms with van der Waals surface area (Å²) in [5, 5.41) is 0. The number of ether oxygens (including phenoxy) is 1. The maximum Gasteiger partial charge on any atom is 0.0734 e. The molecule has 0 aromatic heterocycles. The average molecular weight is 204 g/mol. The maximum atomic E-state index is 5.70. The van der Waals surface area contributed by atoms with E-state index in [2.05, 4.69) is 58.0 Å². The Morgan fingerprint density at radius 2 is 1.87 bits per heavy atom. The van der Waals surface area contributed by atoms with E-state index in [1.807, 2.05) is 0 Å². The molecule has 1 unspecified atom stereocenters. The van der Waals surface area contributed by atoms with Crippen LogP contribution in [0.3, 0.4) is 0 Å². The van der Waals surface area contributed by atoms with E-state index < -0.39 is 0 Å². The van der Waals surface area contributed by atoms with Crippen molar-refractivity contribution in [3.63, 3.8) is 0 Å². The van der Waals surface area contributed by atoms with E-state index in [0.717, 1.165) is 0 Å². The van der Waals surface area contributed by atoms with Gasteiger partial charge in [0.15, 0.2) is 0 Å². The summed E-state index contributed by atoms with van der Waals surface area (Å²) >= 11 is 0. The second kappa shape index (κ2) is 5.72. The third kappa shape index (κ3) is 4.80. The van der Waals surface area contributed by atoms with Gasteiger partial charge in [-0.2, -0.15) is 0 Å². The van der Waals surface area contributed by atoms with Gasteiger partial charge in [-0.05, 0) is 33.3 Å². The molecular formula is C14H20O. The van der Waals surface area contributed by atoms with Crippen LogP contribution in [-0.4, -0.2) is 6.10 Å². The summed E-state index contributed by atoms with van der Waals surface area (Å²) in [6, 6.07) is 8.46. The first-order valence-corrected chi connectivity index (χ1v) is 5.40. The van der Waals surface area contributed by atoms with Gasteiger partial charge < -0.3 is 4.74 Å². The lowest BCUT2D eigenvalue weighted by Crippen LogP contribution is -2.04. The summed E-state index contributed by atoms with van der Waals surface area (Å²) in [4.78, 5) is 0. The largest absolute Gasteiger partial charge is 0.370 e. The summed E-state index contributed by atoms with van der Waals surface area (Å²) in [5.74, 6) is 0. The highest BCUT2D eigenvalue weighted by atomic mass is 16.5. The number of rotatable bonds is 4. The monoisotopic (exact) mass is 204 g/mol. The fourth-order valence-corrected chi connectivity index (χ4v) is 1.43. The summed E-state index contributed by atoms with van der Waals surface area (Å²) in [6.07, 6.45) is 2.32. The quantitative estimate of drug-likeness (QED) is 0.676. The molecule has 0 N–H and O–H groups in total. The van der Waals surface area contributed by atoms with E-state index in [0.29, 0.717) is 6.61 Å². The Morgan fingerprint density at radius 3 is 2.40 bits per heavy atom. The Kier molecular flexibility index (Phi) is 4.57. The summed E-state index contributed by atoms with van der Waals surface area (Å²) in [7, 11) is 0. The Hall–Kier alpha value is -1.08. The molecule has 0 bridgehead atoms. The van der Waals surface area contributed by atoms with E-state index in [1.165, 1.54) is 16.7 Å². The van der Waals surface area contributed by atoms with Crippen molar-refractivity contribution in [2.45, 2.75) is 40.4 Å². The molecule has 0 heterocycles. The number of hydrogen-bond donors (Lipinski definition) is 0. The third-order valence-corrected chi connectivity index (χ3v) is 2.20. The zero-order valence-electron chi connectivity index (χ0n) is 10.1. The van der Waals surface area contributed by atoms with E-state index >= 15 is 0 Å². The van der Waals surface area contributed by atoms with Crippen LogP contribution in [0.15, 0.2) is 35.9 Å². The molecule has 0 aliphatic rings. The minimum atomic E-state index is 0.191. The number of benzene rings is 1. The Labute approximate surface area is 92.8 Å². The van der Waals surface area contributed by atoms with Crippen LogP contribution < -0.4 is 0 Å². The van der Waals surface area contributed by atoms with Crippen LogP contribution in [0.1, 0.15) is 31.9 Å². The fourth-order valence-electron chi connectivity index (χ4n) is 1.43. The lowest BCUT2D eigenvalue weighted by Gasteiger charge is -2.09. The van der Waals surface area contributed by atoms with Gasteiger partial charge >= 0.3 is 0 Å². The molecule has 0 spiro atoms. The van der Waals surface area contributed by atoms with Crippen molar-refractivity contribution in [1.29, 1.82) is 0 Å². The van der Waals surface area contributed by atoms with Crippen molar-refractivity contribution >= 4 is 0 Å². The van der Waals surface area contributed by atoms with Gasteiger partial charge in [0.2, 0.25) is 0 Å². The van der Waals surface area contributed by atoms with Crippen LogP contribution in [-0.2, 0) is 11.3 Å². The van der Waals surface area contributed by atoms with Crippen LogP contribution in [0, 0.1) is 6.92 Å². The molecule has 0 aliphatic carbocycles. The molecule has 0 saturated carbocycles. The predicted octanol–water partition coefficient (Wildman–Crippen LogP) is 3.87. The zero-order chi connectivity index (χ0) is 11.3. The second-order valence-electron chi connectivity index (χ2n) is 4.25. The first-order chi connectivity index (χ1) is 7.08. The van der Waals surface area contributed by atoms with E-state index in [-0.39, 0.29) is 6.10 Å². The molecule has 1 atom stereocenters. The molecule has 0 aliphatic heterocycles. The standard InChI is InChI=1S/C14H20O/c1-11(2)9-13(4)15-10-14-7-5-12(3)6-8-14/h5-9,13H,10H2,1-4H3. The van der Waals surface area contributed by atoms with Crippen molar-refractivity contribution in [2.75, 3.05) is 0 Å². The third-order valence-electron chi connectivity index (χ3n) is 2.20. The summed E-state index contributed by atoms with van der Waals surface area (Å²) in [6.45, 7) is 9.03. The smallest absolute Gasteiger partial charge is 0.0734 e. The highest BCUT2D eigenvalue weighted by Crippen LogP contribution is 2.07. The van der Waals surface area contributed by atoms with Crippen molar-refractivity contribution < 1.29 is 4.74 Å². The van der Waals surface area contributed by atoms with Crippen LogP contribution in [0.2, 0.25) is 0 Å². The van der Waals surface area contributed by atoms with Gasteiger partial charge in [-0.25, -0.2) is 0 Å². The fraction of sp³-hybridized carbons (Fsp3) is 0.429. The minimum Gasteiger partial charge on any atom is -0.370 e. The molecule has 1 aromatic rings. The molecule has 0 radical (unpaired) electrons. The SMILES string of the molecule is CC(C)=CC(C)OCc1ccc(C)cc1. The number of allylic oxidation sites excluding steroid dienone is 1. The highest BCUT2D eigenvalue weighted by Gasteiger charge is 1.98. The first-order valence-electron chi connectivity index (χ1n) is 5.40. The molecule has 0 saturated heterocycles. The van der Waals surface area contributed by atoms with Crippen molar-refractivity contribution in [3.05, 3.63) is 47.0 Å². The Balaban J connectivity index is 2.43. The zero-order valence-corrected chi connectivity index (χ0v) is 10.1. The molecular weight excluding hydrogens is 184 g/mol. The van der Waals surface area contributed by atoms with Crippen LogP contribution in [0.5, 0.6) is 0 Å². The van der Waals surface area contributed by atoms with Crippen LogP contribution in [0.25, 0.3) is 0 Å². The highest BCUT2D eigenvalue weighted by molar-refractivity contribution is 5.20. The van der Waals surface area contributed by atoms with Gasteiger partial charge in [0.25, 0.3) is 0 Å². The molecule has 1 aromatic carbocycles. The van der Waals surface area contributed by atoms with Gasteiger partial charge in [-0.1, -0.05) is 41.5 Å². The van der Waals surface area contributed by atoms with E-state index in [1.54, 1.807) is 0 Å². The number of aryl methyl sites for hydroxylation is 1.